The number of alkyl halides is 3. The van der Waals surface area contributed by atoms with Crippen molar-refractivity contribution in [3.63, 3.8) is 0 Å². The number of nitrogens with zero attached hydrogens (tertiary/aromatic N) is 1. The van der Waals surface area contributed by atoms with E-state index in [0.29, 0.717) is 18.8 Å². The number of methoxy groups -OCH3 is 1. The average molecular weight is 456 g/mol. The molecular weight excluding hydrogens is 435 g/mol. The standard InChI is InChI=1S/C16H21Cl3N4O3S/c1-4-23(5-2)15(25)22-13(16(17,18)19)21-14(27)20-11-9-7-6-8-10(11)12(24)26-3/h6-9,13H,4-5H2,1-3H3,(H,22,25)(H2,20,21,27)/t13-/m1/s1. The quantitative estimate of drug-likeness (QED) is 0.263. The number of anilines is 1. The molecule has 0 radical (unpaired) electrons. The first-order valence-electron chi connectivity index (χ1n) is 8.01. The van der Waals surface area contributed by atoms with Crippen LogP contribution in [0.5, 0.6) is 0 Å². The summed E-state index contributed by atoms with van der Waals surface area (Å²) < 4.78 is 2.85. The molecule has 0 aliphatic rings. The lowest BCUT2D eigenvalue weighted by molar-refractivity contribution is 0.0602. The van der Waals surface area contributed by atoms with Crippen LogP contribution in [0.1, 0.15) is 24.2 Å². The number of thiocarbonyl (C=S) groups is 1. The Kier molecular flexibility index (Phi) is 9.38. The molecule has 27 heavy (non-hydrogen) atoms. The maximum atomic E-state index is 12.3. The van der Waals surface area contributed by atoms with Crippen molar-refractivity contribution in [1.82, 2.24) is 15.5 Å². The summed E-state index contributed by atoms with van der Waals surface area (Å²) in [5.41, 5.74) is 0.682. The van der Waals surface area contributed by atoms with Gasteiger partial charge in [0.15, 0.2) is 11.3 Å². The highest BCUT2D eigenvalue weighted by Gasteiger charge is 2.35. The van der Waals surface area contributed by atoms with E-state index in [-0.39, 0.29) is 10.7 Å². The van der Waals surface area contributed by atoms with Crippen LogP contribution in [0.3, 0.4) is 0 Å². The molecule has 11 heteroatoms. The number of hydrogen-bond donors (Lipinski definition) is 3. The van der Waals surface area contributed by atoms with Crippen LogP contribution in [-0.4, -0.2) is 52.2 Å². The highest BCUT2D eigenvalue weighted by Crippen LogP contribution is 2.29. The van der Waals surface area contributed by atoms with Gasteiger partial charge in [-0.25, -0.2) is 9.59 Å². The number of esters is 1. The van der Waals surface area contributed by atoms with Crippen LogP contribution >= 0.6 is 47.0 Å². The van der Waals surface area contributed by atoms with Crippen molar-refractivity contribution < 1.29 is 14.3 Å². The zero-order chi connectivity index (χ0) is 20.6. The van der Waals surface area contributed by atoms with Crippen molar-refractivity contribution in [3.8, 4) is 0 Å². The van der Waals surface area contributed by atoms with Gasteiger partial charge in [-0.1, -0.05) is 46.9 Å². The second-order valence-corrected chi connectivity index (χ2v) is 8.01. The first-order valence-corrected chi connectivity index (χ1v) is 9.55. The minimum absolute atomic E-state index is 0.0440. The lowest BCUT2D eigenvalue weighted by Gasteiger charge is -2.30. The molecule has 0 saturated carbocycles. The fourth-order valence-corrected chi connectivity index (χ4v) is 2.65. The van der Waals surface area contributed by atoms with Gasteiger partial charge >= 0.3 is 12.0 Å². The van der Waals surface area contributed by atoms with Gasteiger partial charge in [-0.05, 0) is 38.2 Å². The Morgan fingerprint density at radius 2 is 1.78 bits per heavy atom. The van der Waals surface area contributed by atoms with E-state index >= 15 is 0 Å². The van der Waals surface area contributed by atoms with E-state index in [1.165, 1.54) is 12.0 Å². The smallest absolute Gasteiger partial charge is 0.339 e. The number of para-hydroxylation sites is 1. The molecule has 2 amide bonds. The normalized spacial score (nSPS) is 11.9. The van der Waals surface area contributed by atoms with Crippen molar-refractivity contribution >= 4 is 69.8 Å². The molecule has 0 bridgehead atoms. The van der Waals surface area contributed by atoms with Gasteiger partial charge in [0.25, 0.3) is 0 Å². The van der Waals surface area contributed by atoms with Gasteiger partial charge in [0, 0.05) is 13.1 Å². The Morgan fingerprint density at radius 1 is 1.19 bits per heavy atom. The molecule has 0 aromatic heterocycles. The Labute approximate surface area is 178 Å². The van der Waals surface area contributed by atoms with Crippen LogP contribution in [0.4, 0.5) is 10.5 Å². The van der Waals surface area contributed by atoms with Gasteiger partial charge < -0.3 is 25.6 Å². The summed E-state index contributed by atoms with van der Waals surface area (Å²) in [6, 6.07) is 6.19. The number of amides is 2. The first kappa shape index (κ1) is 23.6. The van der Waals surface area contributed by atoms with E-state index in [1.54, 1.807) is 24.3 Å². The maximum absolute atomic E-state index is 12.3. The fourth-order valence-electron chi connectivity index (χ4n) is 2.09. The summed E-state index contributed by atoms with van der Waals surface area (Å²) in [6.07, 6.45) is -1.11. The van der Waals surface area contributed by atoms with Crippen molar-refractivity contribution in [1.29, 1.82) is 0 Å². The second-order valence-electron chi connectivity index (χ2n) is 5.23. The zero-order valence-electron chi connectivity index (χ0n) is 15.0. The largest absolute Gasteiger partial charge is 0.465 e. The van der Waals surface area contributed by atoms with Crippen LogP contribution < -0.4 is 16.0 Å². The molecular formula is C16H21Cl3N4O3S. The number of ether oxygens (including phenoxy) is 1. The number of nitrogens with one attached hydrogen (secondary N) is 3. The first-order chi connectivity index (χ1) is 12.6. The van der Waals surface area contributed by atoms with Crippen LogP contribution in [0, 0.1) is 0 Å². The van der Waals surface area contributed by atoms with Gasteiger partial charge in [0.2, 0.25) is 3.79 Å². The van der Waals surface area contributed by atoms with Crippen molar-refractivity contribution in [2.24, 2.45) is 0 Å². The summed E-state index contributed by atoms with van der Waals surface area (Å²) in [5.74, 6) is -0.534. The summed E-state index contributed by atoms with van der Waals surface area (Å²) in [7, 11) is 1.28. The molecule has 0 saturated heterocycles. The van der Waals surface area contributed by atoms with Gasteiger partial charge in [-0.15, -0.1) is 0 Å². The molecule has 0 aliphatic heterocycles. The lowest BCUT2D eigenvalue weighted by Crippen LogP contribution is -2.58. The summed E-state index contributed by atoms with van der Waals surface area (Å²) >= 11 is 23.1. The molecule has 0 unspecified atom stereocenters. The number of carbonyl (C=O) groups is 2. The number of hydrogen-bond acceptors (Lipinski definition) is 4. The molecule has 1 aromatic carbocycles. The van der Waals surface area contributed by atoms with Crippen LogP contribution in [0.15, 0.2) is 24.3 Å². The topological polar surface area (TPSA) is 82.7 Å². The van der Waals surface area contributed by atoms with Crippen LogP contribution in [0.2, 0.25) is 0 Å². The van der Waals surface area contributed by atoms with Crippen molar-refractivity contribution in [3.05, 3.63) is 29.8 Å². The predicted molar refractivity (Wildman–Crippen MR) is 113 cm³/mol. The number of urea groups is 1. The minimum atomic E-state index is -1.88. The number of rotatable bonds is 6. The monoisotopic (exact) mass is 454 g/mol. The molecule has 0 aliphatic carbocycles. The van der Waals surface area contributed by atoms with Crippen LogP contribution in [0.25, 0.3) is 0 Å². The molecule has 1 rings (SSSR count). The van der Waals surface area contributed by atoms with E-state index < -0.39 is 22.0 Å². The third-order valence-electron chi connectivity index (χ3n) is 3.50. The average Bonchev–Trinajstić information content (AvgIpc) is 2.61. The zero-order valence-corrected chi connectivity index (χ0v) is 18.1. The lowest BCUT2D eigenvalue weighted by atomic mass is 10.2. The molecule has 3 N–H and O–H groups in total. The summed E-state index contributed by atoms with van der Waals surface area (Å²) in [6.45, 7) is 4.64. The Hall–Kier alpha value is -1.48. The Morgan fingerprint density at radius 3 is 2.30 bits per heavy atom. The highest BCUT2D eigenvalue weighted by molar-refractivity contribution is 7.80. The van der Waals surface area contributed by atoms with E-state index in [1.807, 2.05) is 13.8 Å². The summed E-state index contributed by atoms with van der Waals surface area (Å²) in [5, 5.41) is 8.20. The number of benzene rings is 1. The van der Waals surface area contributed by atoms with Crippen LogP contribution in [-0.2, 0) is 4.74 Å². The van der Waals surface area contributed by atoms with Crippen molar-refractivity contribution in [2.75, 3.05) is 25.5 Å². The van der Waals surface area contributed by atoms with Gasteiger partial charge in [0.05, 0.1) is 18.4 Å². The van der Waals surface area contributed by atoms with Gasteiger partial charge in [-0.3, -0.25) is 0 Å². The van der Waals surface area contributed by atoms with Crippen molar-refractivity contribution in [2.45, 2.75) is 23.8 Å². The van der Waals surface area contributed by atoms with Gasteiger partial charge in [0.1, 0.15) is 0 Å². The molecule has 7 nitrogen and oxygen atoms in total. The van der Waals surface area contributed by atoms with E-state index in [2.05, 4.69) is 16.0 Å². The number of halogens is 3. The third kappa shape index (κ3) is 7.21. The predicted octanol–water partition coefficient (Wildman–Crippen LogP) is 3.51. The van der Waals surface area contributed by atoms with Gasteiger partial charge in [-0.2, -0.15) is 0 Å². The second kappa shape index (κ2) is 10.8. The molecule has 0 heterocycles. The van der Waals surface area contributed by atoms with E-state index in [4.69, 9.17) is 51.8 Å². The molecule has 1 atom stereocenters. The van der Waals surface area contributed by atoms with E-state index in [0.717, 1.165) is 0 Å². The fraction of sp³-hybridized carbons (Fsp3) is 0.438. The molecule has 150 valence electrons. The SMILES string of the molecule is CCN(CC)C(=O)N[C@@H](NC(=S)Nc1ccccc1C(=O)OC)C(Cl)(Cl)Cl. The highest BCUT2D eigenvalue weighted by atomic mass is 35.6. The molecule has 1 aromatic rings. The molecule has 0 spiro atoms. The maximum Gasteiger partial charge on any atom is 0.339 e. The minimum Gasteiger partial charge on any atom is -0.465 e. The summed E-state index contributed by atoms with van der Waals surface area (Å²) in [4.78, 5) is 25.6. The van der Waals surface area contributed by atoms with E-state index in [9.17, 15) is 9.59 Å². The number of carbonyl (C=O) groups excluding carboxylic acids is 2. The Balaban J connectivity index is 2.90. The molecule has 0 fully saturated rings. The Bertz CT molecular complexity index is 681. The third-order valence-corrected chi connectivity index (χ3v) is 4.38.